The molecule has 0 radical (unpaired) electrons. The Morgan fingerprint density at radius 2 is 2.00 bits per heavy atom. The van der Waals surface area contributed by atoms with Crippen molar-refractivity contribution in [3.05, 3.63) is 39.8 Å². The van der Waals surface area contributed by atoms with E-state index in [4.69, 9.17) is 9.47 Å². The van der Waals surface area contributed by atoms with Gasteiger partial charge in [0.25, 0.3) is 5.56 Å². The predicted molar refractivity (Wildman–Crippen MR) is 132 cm³/mol. The number of hydrogen-bond donors (Lipinski definition) is 3. The Bertz CT molecular complexity index is 1150. The lowest BCUT2D eigenvalue weighted by Crippen LogP contribution is -2.45. The van der Waals surface area contributed by atoms with Gasteiger partial charge >= 0.3 is 6.09 Å². The van der Waals surface area contributed by atoms with E-state index in [9.17, 15) is 19.5 Å². The van der Waals surface area contributed by atoms with Crippen molar-refractivity contribution in [3.63, 3.8) is 0 Å². The van der Waals surface area contributed by atoms with Crippen molar-refractivity contribution in [2.75, 3.05) is 18.5 Å². The molecule has 1 fully saturated rings. The van der Waals surface area contributed by atoms with Gasteiger partial charge in [0, 0.05) is 23.4 Å². The summed E-state index contributed by atoms with van der Waals surface area (Å²) in [5.41, 5.74) is 1.08. The molecule has 1 saturated heterocycles. The Balaban J connectivity index is 1.89. The highest BCUT2D eigenvalue weighted by Gasteiger charge is 2.41. The standard InChI is InChI=1S/C25H34N4O6/c1-7-10-34-20-9-8-16(11-18(20)21-26-15(3)14(2)22(31)28-21)27-23(32)19-12-17(30)13-29(19)24(33)35-25(4,5)6/h8-9,11,17,19,30H,7,10,12-13H2,1-6H3,(H,27,32)(H,26,28,31). The topological polar surface area (TPSA) is 134 Å². The van der Waals surface area contributed by atoms with Crippen molar-refractivity contribution in [2.45, 2.75) is 72.1 Å². The fraction of sp³-hybridized carbons (Fsp3) is 0.520. The molecule has 190 valence electrons. The van der Waals surface area contributed by atoms with Crippen LogP contribution in [0.3, 0.4) is 0 Å². The van der Waals surface area contributed by atoms with Crippen LogP contribution < -0.4 is 15.6 Å². The summed E-state index contributed by atoms with van der Waals surface area (Å²) in [4.78, 5) is 46.6. The fourth-order valence-corrected chi connectivity index (χ4v) is 3.71. The predicted octanol–water partition coefficient (Wildman–Crippen LogP) is 3.15. The molecule has 1 aliphatic rings. The van der Waals surface area contributed by atoms with Crippen molar-refractivity contribution < 1.29 is 24.2 Å². The molecule has 1 aliphatic heterocycles. The number of ether oxygens (including phenoxy) is 2. The summed E-state index contributed by atoms with van der Waals surface area (Å²) in [6, 6.07) is 4.15. The lowest BCUT2D eigenvalue weighted by atomic mass is 10.1. The molecule has 35 heavy (non-hydrogen) atoms. The minimum Gasteiger partial charge on any atom is -0.493 e. The number of carbonyl (C=O) groups excluding carboxylic acids is 2. The largest absolute Gasteiger partial charge is 0.493 e. The molecular weight excluding hydrogens is 452 g/mol. The van der Waals surface area contributed by atoms with E-state index in [-0.39, 0.29) is 18.5 Å². The van der Waals surface area contributed by atoms with Crippen molar-refractivity contribution in [2.24, 2.45) is 0 Å². The highest BCUT2D eigenvalue weighted by atomic mass is 16.6. The lowest BCUT2D eigenvalue weighted by Gasteiger charge is -2.27. The van der Waals surface area contributed by atoms with Crippen LogP contribution in [0.15, 0.2) is 23.0 Å². The molecule has 1 aromatic heterocycles. The Morgan fingerprint density at radius 1 is 1.29 bits per heavy atom. The Kier molecular flexibility index (Phi) is 7.84. The SMILES string of the molecule is CCCOc1ccc(NC(=O)C2CC(O)CN2C(=O)OC(C)(C)C)cc1-c1nc(C)c(C)c(=O)[nH]1. The van der Waals surface area contributed by atoms with Crippen LogP contribution in [0.4, 0.5) is 10.5 Å². The van der Waals surface area contributed by atoms with E-state index in [1.54, 1.807) is 52.8 Å². The number of benzene rings is 1. The molecule has 3 rings (SSSR count). The fourth-order valence-electron chi connectivity index (χ4n) is 3.71. The zero-order valence-corrected chi connectivity index (χ0v) is 21.1. The van der Waals surface area contributed by atoms with Crippen molar-refractivity contribution in [1.82, 2.24) is 14.9 Å². The first-order valence-electron chi connectivity index (χ1n) is 11.7. The summed E-state index contributed by atoms with van der Waals surface area (Å²) in [6.45, 7) is 11.1. The molecule has 0 bridgehead atoms. The molecule has 0 saturated carbocycles. The maximum absolute atomic E-state index is 13.1. The van der Waals surface area contributed by atoms with Gasteiger partial charge in [0.2, 0.25) is 5.91 Å². The first-order valence-corrected chi connectivity index (χ1v) is 11.7. The van der Waals surface area contributed by atoms with E-state index in [1.807, 2.05) is 6.92 Å². The maximum atomic E-state index is 13.1. The number of amides is 2. The summed E-state index contributed by atoms with van der Waals surface area (Å²) in [5, 5.41) is 12.9. The number of nitrogens with one attached hydrogen (secondary N) is 2. The zero-order chi connectivity index (χ0) is 25.9. The van der Waals surface area contributed by atoms with Crippen LogP contribution in [0.2, 0.25) is 0 Å². The third kappa shape index (κ3) is 6.39. The second kappa shape index (κ2) is 10.5. The molecule has 0 spiro atoms. The van der Waals surface area contributed by atoms with Crippen molar-refractivity contribution in [1.29, 1.82) is 0 Å². The van der Waals surface area contributed by atoms with Gasteiger partial charge in [-0.05, 0) is 59.2 Å². The second-order valence-electron chi connectivity index (χ2n) is 9.71. The lowest BCUT2D eigenvalue weighted by molar-refractivity contribution is -0.120. The van der Waals surface area contributed by atoms with Crippen LogP contribution in [0, 0.1) is 13.8 Å². The molecular formula is C25H34N4O6. The molecule has 10 nitrogen and oxygen atoms in total. The van der Waals surface area contributed by atoms with E-state index in [0.29, 0.717) is 40.7 Å². The molecule has 0 aliphatic carbocycles. The Morgan fingerprint density at radius 3 is 2.63 bits per heavy atom. The number of aliphatic hydroxyl groups is 1. The Labute approximate surface area is 204 Å². The molecule has 2 heterocycles. The highest BCUT2D eigenvalue weighted by Crippen LogP contribution is 2.31. The van der Waals surface area contributed by atoms with Crippen LogP contribution in [0.25, 0.3) is 11.4 Å². The summed E-state index contributed by atoms with van der Waals surface area (Å²) < 4.78 is 11.2. The minimum atomic E-state index is -0.890. The summed E-state index contributed by atoms with van der Waals surface area (Å²) in [6.07, 6.45) is -0.598. The van der Waals surface area contributed by atoms with E-state index in [0.717, 1.165) is 6.42 Å². The van der Waals surface area contributed by atoms with Crippen LogP contribution in [0.1, 0.15) is 51.8 Å². The average molecular weight is 487 g/mol. The van der Waals surface area contributed by atoms with Crippen molar-refractivity contribution >= 4 is 17.7 Å². The van der Waals surface area contributed by atoms with Crippen LogP contribution in [0.5, 0.6) is 5.75 Å². The summed E-state index contributed by atoms with van der Waals surface area (Å²) in [5.74, 6) is 0.386. The van der Waals surface area contributed by atoms with Crippen LogP contribution >= 0.6 is 0 Å². The number of H-pyrrole nitrogens is 1. The van der Waals surface area contributed by atoms with Gasteiger partial charge in [0.15, 0.2) is 0 Å². The van der Waals surface area contributed by atoms with Gasteiger partial charge in [-0.25, -0.2) is 9.78 Å². The summed E-state index contributed by atoms with van der Waals surface area (Å²) >= 11 is 0. The van der Waals surface area contributed by atoms with Gasteiger partial charge < -0.3 is 24.9 Å². The van der Waals surface area contributed by atoms with Gasteiger partial charge in [-0.3, -0.25) is 14.5 Å². The second-order valence-corrected chi connectivity index (χ2v) is 9.71. The molecule has 1 aromatic carbocycles. The van der Waals surface area contributed by atoms with E-state index >= 15 is 0 Å². The van der Waals surface area contributed by atoms with E-state index < -0.39 is 29.7 Å². The number of aryl methyl sites for hydroxylation is 1. The van der Waals surface area contributed by atoms with Crippen LogP contribution in [-0.2, 0) is 9.53 Å². The monoisotopic (exact) mass is 486 g/mol. The quantitative estimate of drug-likeness (QED) is 0.571. The number of nitrogens with zero attached hydrogens (tertiary/aromatic N) is 2. The van der Waals surface area contributed by atoms with Crippen LogP contribution in [-0.4, -0.2) is 62.9 Å². The number of rotatable bonds is 6. The third-order valence-electron chi connectivity index (χ3n) is 5.57. The molecule has 2 unspecified atom stereocenters. The molecule has 2 aromatic rings. The normalized spacial score (nSPS) is 17.9. The smallest absolute Gasteiger partial charge is 0.411 e. The zero-order valence-electron chi connectivity index (χ0n) is 21.1. The number of aliphatic hydroxyl groups excluding tert-OH is 1. The van der Waals surface area contributed by atoms with Crippen molar-refractivity contribution in [3.8, 4) is 17.1 Å². The molecule has 3 N–H and O–H groups in total. The molecule has 2 amide bonds. The van der Waals surface area contributed by atoms with Gasteiger partial charge in [0.1, 0.15) is 23.2 Å². The third-order valence-corrected chi connectivity index (χ3v) is 5.57. The number of aromatic amines is 1. The molecule has 2 atom stereocenters. The van der Waals surface area contributed by atoms with Gasteiger partial charge in [-0.2, -0.15) is 0 Å². The number of hydrogen-bond acceptors (Lipinski definition) is 7. The number of β-amino-alcohol motifs (C(OH)–C–C–N with tert-alkyl or cyclic N) is 1. The van der Waals surface area contributed by atoms with Gasteiger partial charge in [-0.1, -0.05) is 6.92 Å². The van der Waals surface area contributed by atoms with E-state index in [2.05, 4.69) is 15.3 Å². The number of carbonyl (C=O) groups is 2. The van der Waals surface area contributed by atoms with Gasteiger partial charge in [0.05, 0.1) is 24.8 Å². The first-order chi connectivity index (χ1) is 16.4. The maximum Gasteiger partial charge on any atom is 0.411 e. The number of anilines is 1. The minimum absolute atomic E-state index is 0.00977. The number of aromatic nitrogens is 2. The molecule has 10 heteroatoms. The highest BCUT2D eigenvalue weighted by molar-refractivity contribution is 5.97. The number of likely N-dealkylation sites (tertiary alicyclic amines) is 1. The summed E-state index contributed by atoms with van der Waals surface area (Å²) in [7, 11) is 0. The van der Waals surface area contributed by atoms with E-state index in [1.165, 1.54) is 4.90 Å². The van der Waals surface area contributed by atoms with Gasteiger partial charge in [-0.15, -0.1) is 0 Å². The average Bonchev–Trinajstić information content (AvgIpc) is 3.17. The Hall–Kier alpha value is -3.40. The first kappa shape index (κ1) is 26.2.